The fraction of sp³-hybridized carbons (Fsp3) is 0.800. The predicted molar refractivity (Wildman–Crippen MR) is 97.7 cm³/mol. The third kappa shape index (κ3) is 11.7. The van der Waals surface area contributed by atoms with Crippen molar-refractivity contribution in [1.29, 1.82) is 0 Å². The van der Waals surface area contributed by atoms with Gasteiger partial charge < -0.3 is 4.90 Å². The molecule has 0 radical (unpaired) electrons. The molecule has 0 aliphatic rings. The summed E-state index contributed by atoms with van der Waals surface area (Å²) in [6.07, 6.45) is 17.2. The Bertz CT molecular complexity index is 278. The lowest BCUT2D eigenvalue weighted by molar-refractivity contribution is 0.367. The van der Waals surface area contributed by atoms with Crippen LogP contribution in [-0.4, -0.2) is 25.5 Å². The summed E-state index contributed by atoms with van der Waals surface area (Å²) in [7, 11) is 4.33. The summed E-state index contributed by atoms with van der Waals surface area (Å²) in [6.45, 7) is 10.3. The van der Waals surface area contributed by atoms with Crippen LogP contribution in [0.25, 0.3) is 0 Å². The van der Waals surface area contributed by atoms with Crippen molar-refractivity contribution in [3.05, 3.63) is 24.3 Å². The van der Waals surface area contributed by atoms with E-state index in [1.54, 1.807) is 0 Å². The summed E-state index contributed by atoms with van der Waals surface area (Å²) in [6, 6.07) is 0. The zero-order valence-corrected chi connectivity index (χ0v) is 15.4. The van der Waals surface area contributed by atoms with Crippen LogP contribution < -0.4 is 0 Å². The van der Waals surface area contributed by atoms with Crippen molar-refractivity contribution >= 4 is 0 Å². The van der Waals surface area contributed by atoms with Gasteiger partial charge in [0.25, 0.3) is 0 Å². The fourth-order valence-electron chi connectivity index (χ4n) is 2.63. The highest BCUT2D eigenvalue weighted by molar-refractivity contribution is 4.94. The normalized spacial score (nSPS) is 16.9. The summed E-state index contributed by atoms with van der Waals surface area (Å²) in [5.41, 5.74) is 0. The topological polar surface area (TPSA) is 3.24 Å². The van der Waals surface area contributed by atoms with Gasteiger partial charge in [0, 0.05) is 0 Å². The Morgan fingerprint density at radius 1 is 0.952 bits per heavy atom. The lowest BCUT2D eigenvalue weighted by Crippen LogP contribution is -2.15. The van der Waals surface area contributed by atoms with Gasteiger partial charge in [-0.25, -0.2) is 0 Å². The summed E-state index contributed by atoms with van der Waals surface area (Å²) in [5.74, 6) is 2.34. The number of allylic oxidation sites excluding steroid dienone is 4. The highest BCUT2D eigenvalue weighted by Gasteiger charge is 2.10. The second-order valence-corrected chi connectivity index (χ2v) is 6.80. The average Bonchev–Trinajstić information content (AvgIpc) is 2.46. The summed E-state index contributed by atoms with van der Waals surface area (Å²) < 4.78 is 0. The number of nitrogens with zero attached hydrogens (tertiary/aromatic N) is 1. The van der Waals surface area contributed by atoms with Crippen LogP contribution in [-0.2, 0) is 0 Å². The molecule has 0 aromatic carbocycles. The molecule has 1 nitrogen and oxygen atoms in total. The van der Waals surface area contributed by atoms with Crippen LogP contribution in [0.3, 0.4) is 0 Å². The molecule has 0 fully saturated rings. The minimum Gasteiger partial charge on any atom is -0.309 e. The molecule has 21 heavy (non-hydrogen) atoms. The maximum absolute atomic E-state index is 2.53. The van der Waals surface area contributed by atoms with E-state index in [9.17, 15) is 0 Å². The Balaban J connectivity index is 4.46. The number of hydrogen-bond donors (Lipinski definition) is 0. The summed E-state index contributed by atoms with van der Waals surface area (Å²) >= 11 is 0. The lowest BCUT2D eigenvalue weighted by Gasteiger charge is -2.18. The molecule has 124 valence electrons. The smallest absolute Gasteiger partial charge is 0.00192 e. The molecule has 0 aromatic rings. The van der Waals surface area contributed by atoms with Crippen molar-refractivity contribution in [3.63, 3.8) is 0 Å². The first kappa shape index (κ1) is 20.4. The first-order chi connectivity index (χ1) is 10.0. The Hall–Kier alpha value is -0.560. The van der Waals surface area contributed by atoms with Crippen LogP contribution in [0.4, 0.5) is 0 Å². The largest absolute Gasteiger partial charge is 0.309 e. The van der Waals surface area contributed by atoms with Crippen molar-refractivity contribution in [2.45, 2.75) is 66.2 Å². The van der Waals surface area contributed by atoms with Gasteiger partial charge in [-0.3, -0.25) is 0 Å². The average molecular weight is 294 g/mol. The predicted octanol–water partition coefficient (Wildman–Crippen LogP) is 5.93. The van der Waals surface area contributed by atoms with Crippen LogP contribution in [0.2, 0.25) is 0 Å². The van der Waals surface area contributed by atoms with Gasteiger partial charge in [0.05, 0.1) is 0 Å². The van der Waals surface area contributed by atoms with Crippen LogP contribution in [0, 0.1) is 17.8 Å². The molecule has 0 bridgehead atoms. The summed E-state index contributed by atoms with van der Waals surface area (Å²) in [4.78, 5) is 2.29. The van der Waals surface area contributed by atoms with E-state index in [-0.39, 0.29) is 0 Å². The van der Waals surface area contributed by atoms with Gasteiger partial charge in [0.1, 0.15) is 0 Å². The second kappa shape index (κ2) is 13.1. The van der Waals surface area contributed by atoms with Crippen molar-refractivity contribution in [1.82, 2.24) is 4.90 Å². The van der Waals surface area contributed by atoms with E-state index in [4.69, 9.17) is 0 Å². The van der Waals surface area contributed by atoms with Gasteiger partial charge in [0.2, 0.25) is 0 Å². The molecular weight excluding hydrogens is 254 g/mol. The molecule has 0 spiro atoms. The molecule has 0 aliphatic carbocycles. The molecular formula is C20H39N. The third-order valence-electron chi connectivity index (χ3n) is 4.47. The monoisotopic (exact) mass is 293 g/mol. The highest BCUT2D eigenvalue weighted by atomic mass is 15.0. The van der Waals surface area contributed by atoms with E-state index in [0.717, 1.165) is 17.8 Å². The molecule has 0 amide bonds. The quantitative estimate of drug-likeness (QED) is 0.403. The molecule has 3 atom stereocenters. The molecule has 1 heteroatoms. The van der Waals surface area contributed by atoms with E-state index in [0.29, 0.717) is 0 Å². The molecule has 0 saturated heterocycles. The van der Waals surface area contributed by atoms with Crippen LogP contribution >= 0.6 is 0 Å². The van der Waals surface area contributed by atoms with E-state index in [1.807, 2.05) is 0 Å². The van der Waals surface area contributed by atoms with E-state index < -0.39 is 0 Å². The molecule has 0 rings (SSSR count). The zero-order chi connectivity index (χ0) is 16.1. The molecule has 0 aliphatic heterocycles. The number of hydrogen-bond acceptors (Lipinski definition) is 1. The minimum absolute atomic E-state index is 0.744. The molecule has 0 heterocycles. The van der Waals surface area contributed by atoms with Gasteiger partial charge in [-0.1, -0.05) is 51.5 Å². The highest BCUT2D eigenvalue weighted by Crippen LogP contribution is 2.23. The van der Waals surface area contributed by atoms with Gasteiger partial charge >= 0.3 is 0 Å². The lowest BCUT2D eigenvalue weighted by atomic mass is 9.88. The van der Waals surface area contributed by atoms with Crippen LogP contribution in [0.5, 0.6) is 0 Å². The maximum atomic E-state index is 2.53. The molecule has 0 N–H and O–H groups in total. The zero-order valence-electron chi connectivity index (χ0n) is 15.4. The standard InChI is InChI=1S/C20H39N/c1-7-10-11-12-20(17-18(4)8-2)14-13-19(9-3)15-16-21(5)6/h7,10,13-14,18-20H,8-9,11-12,15-17H2,1-6H3/b10-7-,14-13+. The van der Waals surface area contributed by atoms with E-state index in [2.05, 4.69) is 71.0 Å². The SMILES string of the molecule is C/C=C\CCC(/C=C/C(CC)CCN(C)C)CC(C)CC. The van der Waals surface area contributed by atoms with Crippen molar-refractivity contribution in [2.24, 2.45) is 17.8 Å². The van der Waals surface area contributed by atoms with Crippen molar-refractivity contribution < 1.29 is 0 Å². The first-order valence-corrected chi connectivity index (χ1v) is 8.97. The third-order valence-corrected chi connectivity index (χ3v) is 4.47. The summed E-state index contributed by atoms with van der Waals surface area (Å²) in [5, 5.41) is 0. The van der Waals surface area contributed by atoms with Crippen molar-refractivity contribution in [3.8, 4) is 0 Å². The Morgan fingerprint density at radius 2 is 1.62 bits per heavy atom. The first-order valence-electron chi connectivity index (χ1n) is 8.97. The Labute approximate surface area is 134 Å². The van der Waals surface area contributed by atoms with Crippen LogP contribution in [0.1, 0.15) is 66.2 Å². The van der Waals surface area contributed by atoms with E-state index >= 15 is 0 Å². The number of rotatable bonds is 12. The second-order valence-electron chi connectivity index (χ2n) is 6.80. The van der Waals surface area contributed by atoms with Gasteiger partial charge in [0.15, 0.2) is 0 Å². The van der Waals surface area contributed by atoms with Crippen LogP contribution in [0.15, 0.2) is 24.3 Å². The molecule has 0 aromatic heterocycles. The minimum atomic E-state index is 0.744. The Kier molecular flexibility index (Phi) is 12.8. The van der Waals surface area contributed by atoms with Gasteiger partial charge in [-0.05, 0) is 77.4 Å². The Morgan fingerprint density at radius 3 is 2.14 bits per heavy atom. The van der Waals surface area contributed by atoms with E-state index in [1.165, 1.54) is 45.1 Å². The molecule has 3 unspecified atom stereocenters. The maximum Gasteiger partial charge on any atom is -0.00192 e. The van der Waals surface area contributed by atoms with Gasteiger partial charge in [-0.2, -0.15) is 0 Å². The van der Waals surface area contributed by atoms with Crippen molar-refractivity contribution in [2.75, 3.05) is 20.6 Å². The van der Waals surface area contributed by atoms with Gasteiger partial charge in [-0.15, -0.1) is 0 Å². The fourth-order valence-corrected chi connectivity index (χ4v) is 2.63. The molecule has 0 saturated carbocycles.